The fraction of sp³-hybridized carbons (Fsp3) is 0.172. The van der Waals surface area contributed by atoms with Crippen molar-refractivity contribution in [3.8, 4) is 17.2 Å². The molecule has 0 aliphatic carbocycles. The zero-order valence-corrected chi connectivity index (χ0v) is 22.8. The fourth-order valence-electron chi connectivity index (χ4n) is 3.93. The lowest BCUT2D eigenvalue weighted by atomic mass is 9.92. The monoisotopic (exact) mass is 554 g/mol. The number of carbonyl (C=O) groups excluding carboxylic acids is 2. The van der Waals surface area contributed by atoms with Crippen LogP contribution in [0.2, 0.25) is 0 Å². The standard InChI is InChI=1S/C29H27FN8O3/c1-29(2,3)25-14-26(38(37-25)18-5-7-22-17(11-18)15-32-16-34-22)36-28(40)35-23-8-6-19(12-21(23)30)41-20-9-10-33-24(13-20)27(39)31-4/h5-16H,1-4H3,(H,31,39)(H2,35,36,40). The predicted molar refractivity (Wildman–Crippen MR) is 152 cm³/mol. The van der Waals surface area contributed by atoms with Gasteiger partial charge in [0.25, 0.3) is 5.91 Å². The van der Waals surface area contributed by atoms with E-state index in [0.29, 0.717) is 17.3 Å². The SMILES string of the molecule is CNC(=O)c1cc(Oc2ccc(NC(=O)Nc3cc(C(C)(C)C)nn3-c3ccc4ncncc4c3)c(F)c2)ccn1. The number of amides is 3. The third kappa shape index (κ3) is 6.11. The zero-order chi connectivity index (χ0) is 29.1. The van der Waals surface area contributed by atoms with Gasteiger partial charge in [-0.25, -0.2) is 23.8 Å². The Kier molecular flexibility index (Phi) is 7.30. The lowest BCUT2D eigenvalue weighted by Gasteiger charge is -2.14. The predicted octanol–water partition coefficient (Wildman–Crippen LogP) is 5.44. The number of hydrogen-bond acceptors (Lipinski definition) is 7. The number of ether oxygens (including phenoxy) is 1. The Morgan fingerprint density at radius 3 is 2.51 bits per heavy atom. The van der Waals surface area contributed by atoms with Gasteiger partial charge in [-0.1, -0.05) is 20.8 Å². The number of urea groups is 1. The van der Waals surface area contributed by atoms with Crippen molar-refractivity contribution in [3.05, 3.63) is 90.5 Å². The van der Waals surface area contributed by atoms with Crippen LogP contribution in [0.4, 0.5) is 20.7 Å². The van der Waals surface area contributed by atoms with Crippen LogP contribution in [0, 0.1) is 5.82 Å². The molecule has 0 spiro atoms. The Labute approximate surface area is 234 Å². The Hall–Kier alpha value is -5.39. The molecule has 11 nitrogen and oxygen atoms in total. The molecule has 0 atom stereocenters. The van der Waals surface area contributed by atoms with E-state index in [1.54, 1.807) is 23.0 Å². The number of anilines is 2. The van der Waals surface area contributed by atoms with Crippen LogP contribution in [-0.4, -0.2) is 43.7 Å². The topological polar surface area (TPSA) is 136 Å². The minimum absolute atomic E-state index is 0.0550. The molecule has 3 amide bonds. The summed E-state index contributed by atoms with van der Waals surface area (Å²) in [6.07, 6.45) is 4.59. The van der Waals surface area contributed by atoms with E-state index in [2.05, 4.69) is 30.9 Å². The highest BCUT2D eigenvalue weighted by atomic mass is 19.1. The van der Waals surface area contributed by atoms with E-state index >= 15 is 0 Å². The normalized spacial score (nSPS) is 11.2. The van der Waals surface area contributed by atoms with Crippen molar-refractivity contribution < 1.29 is 18.7 Å². The van der Waals surface area contributed by atoms with Crippen LogP contribution in [0.15, 0.2) is 73.3 Å². The molecule has 0 saturated carbocycles. The molecule has 0 saturated heterocycles. The number of benzene rings is 2. The van der Waals surface area contributed by atoms with E-state index < -0.39 is 11.8 Å². The highest BCUT2D eigenvalue weighted by Gasteiger charge is 2.22. The summed E-state index contributed by atoms with van der Waals surface area (Å²) in [7, 11) is 1.49. The molecule has 2 aromatic carbocycles. The summed E-state index contributed by atoms with van der Waals surface area (Å²) in [6, 6.07) is 13.7. The molecule has 3 N–H and O–H groups in total. The molecule has 0 fully saturated rings. The fourth-order valence-corrected chi connectivity index (χ4v) is 3.93. The molecule has 0 radical (unpaired) electrons. The first-order chi connectivity index (χ1) is 19.6. The van der Waals surface area contributed by atoms with E-state index in [0.717, 1.165) is 22.7 Å². The number of pyridine rings is 1. The van der Waals surface area contributed by atoms with E-state index in [9.17, 15) is 14.0 Å². The maximum Gasteiger partial charge on any atom is 0.324 e. The number of carbonyl (C=O) groups is 2. The molecular weight excluding hydrogens is 527 g/mol. The minimum atomic E-state index is -0.711. The van der Waals surface area contributed by atoms with Crippen molar-refractivity contribution in [2.75, 3.05) is 17.7 Å². The zero-order valence-electron chi connectivity index (χ0n) is 22.8. The van der Waals surface area contributed by atoms with Crippen molar-refractivity contribution in [1.29, 1.82) is 0 Å². The number of rotatable bonds is 6. The van der Waals surface area contributed by atoms with E-state index in [1.165, 1.54) is 37.8 Å². The number of hydrogen-bond donors (Lipinski definition) is 3. The maximum absolute atomic E-state index is 14.9. The second-order valence-electron chi connectivity index (χ2n) is 10.1. The summed E-state index contributed by atoms with van der Waals surface area (Å²) in [5, 5.41) is 13.3. The summed E-state index contributed by atoms with van der Waals surface area (Å²) in [5.41, 5.74) is 2.03. The smallest absolute Gasteiger partial charge is 0.324 e. The number of nitrogens with one attached hydrogen (secondary N) is 3. The first kappa shape index (κ1) is 27.2. The molecule has 41 heavy (non-hydrogen) atoms. The second kappa shape index (κ2) is 11.0. The van der Waals surface area contributed by atoms with Gasteiger partial charge in [0.05, 0.1) is 22.6 Å². The van der Waals surface area contributed by atoms with Crippen LogP contribution in [0.3, 0.4) is 0 Å². The van der Waals surface area contributed by atoms with Gasteiger partial charge in [-0.3, -0.25) is 15.1 Å². The van der Waals surface area contributed by atoms with E-state index in [1.807, 2.05) is 39.0 Å². The third-order valence-electron chi connectivity index (χ3n) is 6.07. The Morgan fingerprint density at radius 2 is 1.76 bits per heavy atom. The molecule has 0 aliphatic heterocycles. The summed E-state index contributed by atoms with van der Waals surface area (Å²) < 4.78 is 22.2. The Morgan fingerprint density at radius 1 is 0.951 bits per heavy atom. The van der Waals surface area contributed by atoms with Gasteiger partial charge in [0.1, 0.15) is 35.2 Å². The van der Waals surface area contributed by atoms with Gasteiger partial charge in [0.2, 0.25) is 0 Å². The van der Waals surface area contributed by atoms with Crippen LogP contribution in [0.25, 0.3) is 16.6 Å². The minimum Gasteiger partial charge on any atom is -0.457 e. The summed E-state index contributed by atoms with van der Waals surface area (Å²) >= 11 is 0. The molecule has 0 unspecified atom stereocenters. The molecule has 5 rings (SSSR count). The number of aromatic nitrogens is 5. The van der Waals surface area contributed by atoms with Crippen molar-refractivity contribution in [2.45, 2.75) is 26.2 Å². The van der Waals surface area contributed by atoms with Crippen molar-refractivity contribution in [3.63, 3.8) is 0 Å². The number of halogens is 1. The van der Waals surface area contributed by atoms with Crippen LogP contribution in [0.5, 0.6) is 11.5 Å². The van der Waals surface area contributed by atoms with Gasteiger partial charge in [0.15, 0.2) is 0 Å². The molecule has 12 heteroatoms. The van der Waals surface area contributed by atoms with Crippen molar-refractivity contribution in [1.82, 2.24) is 30.0 Å². The van der Waals surface area contributed by atoms with Gasteiger partial charge < -0.3 is 15.4 Å². The van der Waals surface area contributed by atoms with Gasteiger partial charge in [0, 0.05) is 48.4 Å². The molecule has 5 aromatic rings. The molecule has 3 aromatic heterocycles. The molecule has 3 heterocycles. The van der Waals surface area contributed by atoms with E-state index in [-0.39, 0.29) is 28.5 Å². The first-order valence-corrected chi connectivity index (χ1v) is 12.6. The van der Waals surface area contributed by atoms with Crippen molar-refractivity contribution in [2.24, 2.45) is 0 Å². The summed E-state index contributed by atoms with van der Waals surface area (Å²) in [4.78, 5) is 37.1. The quantitative estimate of drug-likeness (QED) is 0.254. The summed E-state index contributed by atoms with van der Waals surface area (Å²) in [5.74, 6) is -0.210. The lowest BCUT2D eigenvalue weighted by Crippen LogP contribution is -2.22. The van der Waals surface area contributed by atoms with Gasteiger partial charge in [-0.15, -0.1) is 0 Å². The highest BCUT2D eigenvalue weighted by molar-refractivity contribution is 5.99. The maximum atomic E-state index is 14.9. The van der Waals surface area contributed by atoms with Gasteiger partial charge >= 0.3 is 6.03 Å². The second-order valence-corrected chi connectivity index (χ2v) is 10.1. The average Bonchev–Trinajstić information content (AvgIpc) is 3.38. The number of fused-ring (bicyclic) bond motifs is 1. The Bertz CT molecular complexity index is 1760. The molecule has 0 aliphatic rings. The van der Waals surface area contributed by atoms with Crippen LogP contribution >= 0.6 is 0 Å². The Balaban J connectivity index is 1.34. The molecule has 208 valence electrons. The third-order valence-corrected chi connectivity index (χ3v) is 6.07. The lowest BCUT2D eigenvalue weighted by molar-refractivity contribution is 0.0957. The average molecular weight is 555 g/mol. The van der Waals surface area contributed by atoms with Crippen LogP contribution in [-0.2, 0) is 5.41 Å². The van der Waals surface area contributed by atoms with Crippen LogP contribution in [0.1, 0.15) is 37.0 Å². The molecule has 0 bridgehead atoms. The first-order valence-electron chi connectivity index (χ1n) is 12.6. The van der Waals surface area contributed by atoms with Gasteiger partial charge in [-0.2, -0.15) is 5.10 Å². The van der Waals surface area contributed by atoms with Crippen LogP contribution < -0.4 is 20.7 Å². The number of nitrogens with zero attached hydrogens (tertiary/aromatic N) is 5. The van der Waals surface area contributed by atoms with Gasteiger partial charge in [-0.05, 0) is 36.4 Å². The van der Waals surface area contributed by atoms with Crippen molar-refractivity contribution >= 4 is 34.3 Å². The largest absolute Gasteiger partial charge is 0.457 e. The molecular formula is C29H27FN8O3. The highest BCUT2D eigenvalue weighted by Crippen LogP contribution is 2.29. The van der Waals surface area contributed by atoms with E-state index in [4.69, 9.17) is 9.84 Å². The summed E-state index contributed by atoms with van der Waals surface area (Å²) in [6.45, 7) is 6.05.